The molecule has 0 aliphatic carbocycles. The summed E-state index contributed by atoms with van der Waals surface area (Å²) in [5, 5.41) is 3.44. The lowest BCUT2D eigenvalue weighted by Gasteiger charge is -2.14. The average Bonchev–Trinajstić information content (AvgIpc) is 3.07. The minimum Gasteiger partial charge on any atom is -0.493 e. The van der Waals surface area contributed by atoms with Gasteiger partial charge in [0.25, 0.3) is 0 Å². The van der Waals surface area contributed by atoms with Crippen LogP contribution in [0.25, 0.3) is 11.1 Å². The first kappa shape index (κ1) is 17.8. The van der Waals surface area contributed by atoms with E-state index in [-0.39, 0.29) is 5.75 Å². The molecule has 0 bridgehead atoms. The van der Waals surface area contributed by atoms with E-state index in [1.54, 1.807) is 12.1 Å². The molecular weight excluding hydrogens is 338 g/mol. The van der Waals surface area contributed by atoms with Crippen molar-refractivity contribution in [2.75, 3.05) is 19.4 Å². The Morgan fingerprint density at radius 2 is 1.84 bits per heavy atom. The fourth-order valence-corrected chi connectivity index (χ4v) is 3.44. The van der Waals surface area contributed by atoms with Crippen LogP contribution in [0.3, 0.4) is 0 Å². The Hall–Kier alpha value is -2.05. The van der Waals surface area contributed by atoms with Gasteiger partial charge in [-0.15, -0.1) is 0 Å². The Bertz CT molecular complexity index is 799. The van der Waals surface area contributed by atoms with Gasteiger partial charge in [-0.1, -0.05) is 30.3 Å². The van der Waals surface area contributed by atoms with Crippen molar-refractivity contribution in [3.8, 4) is 22.6 Å². The van der Waals surface area contributed by atoms with E-state index in [4.69, 9.17) is 8.92 Å². The average molecular weight is 361 g/mol. The molecule has 25 heavy (non-hydrogen) atoms. The molecule has 1 fully saturated rings. The molecule has 0 aromatic heterocycles. The Morgan fingerprint density at radius 3 is 2.52 bits per heavy atom. The quantitative estimate of drug-likeness (QED) is 0.767. The standard InChI is InChI=1S/C19H23NO4S/c1-25(21,22)24-19-13-16(15-6-3-2-4-7-15)12-18(14-19)23-11-9-17-8-5-10-20-17/h2-4,6-7,12-14,17,20H,5,8-11H2,1H3. The lowest BCUT2D eigenvalue weighted by atomic mass is 10.1. The van der Waals surface area contributed by atoms with Crippen LogP contribution in [-0.2, 0) is 10.1 Å². The van der Waals surface area contributed by atoms with Gasteiger partial charge in [-0.05, 0) is 49.1 Å². The third-order valence-corrected chi connectivity index (χ3v) is 4.63. The number of benzene rings is 2. The molecule has 1 saturated heterocycles. The van der Waals surface area contributed by atoms with E-state index in [2.05, 4.69) is 5.32 Å². The van der Waals surface area contributed by atoms with Crippen LogP contribution < -0.4 is 14.2 Å². The van der Waals surface area contributed by atoms with Gasteiger partial charge in [-0.3, -0.25) is 0 Å². The molecule has 2 aromatic rings. The van der Waals surface area contributed by atoms with Gasteiger partial charge in [0.05, 0.1) is 12.9 Å². The zero-order valence-electron chi connectivity index (χ0n) is 14.3. The summed E-state index contributed by atoms with van der Waals surface area (Å²) in [5.74, 6) is 0.871. The maximum Gasteiger partial charge on any atom is 0.306 e. The first-order valence-corrected chi connectivity index (χ1v) is 10.3. The van der Waals surface area contributed by atoms with Gasteiger partial charge in [-0.25, -0.2) is 0 Å². The molecule has 1 aliphatic heterocycles. The van der Waals surface area contributed by atoms with Crippen molar-refractivity contribution < 1.29 is 17.3 Å². The Labute approximate surface area is 149 Å². The molecule has 134 valence electrons. The maximum atomic E-state index is 11.5. The lowest BCUT2D eigenvalue weighted by Crippen LogP contribution is -2.23. The molecule has 0 spiro atoms. The predicted molar refractivity (Wildman–Crippen MR) is 98.5 cm³/mol. The van der Waals surface area contributed by atoms with Crippen LogP contribution in [-0.4, -0.2) is 33.9 Å². The number of ether oxygens (including phenoxy) is 1. The highest BCUT2D eigenvalue weighted by Crippen LogP contribution is 2.30. The van der Waals surface area contributed by atoms with Gasteiger partial charge in [0.1, 0.15) is 11.5 Å². The monoisotopic (exact) mass is 361 g/mol. The third kappa shape index (κ3) is 5.47. The van der Waals surface area contributed by atoms with E-state index < -0.39 is 10.1 Å². The molecule has 0 radical (unpaired) electrons. The molecule has 2 aromatic carbocycles. The highest BCUT2D eigenvalue weighted by molar-refractivity contribution is 7.86. The number of hydrogen-bond donors (Lipinski definition) is 1. The number of rotatable bonds is 7. The number of hydrogen-bond acceptors (Lipinski definition) is 5. The van der Waals surface area contributed by atoms with E-state index in [1.165, 1.54) is 12.8 Å². The van der Waals surface area contributed by atoms with E-state index >= 15 is 0 Å². The fourth-order valence-electron chi connectivity index (χ4n) is 3.00. The highest BCUT2D eigenvalue weighted by Gasteiger charge is 2.14. The lowest BCUT2D eigenvalue weighted by molar-refractivity contribution is 0.291. The summed E-state index contributed by atoms with van der Waals surface area (Å²) < 4.78 is 33.9. The minimum atomic E-state index is -3.59. The van der Waals surface area contributed by atoms with Gasteiger partial charge in [0.2, 0.25) is 0 Å². The molecule has 3 rings (SSSR count). The molecular formula is C19H23NO4S. The van der Waals surface area contributed by atoms with Crippen LogP contribution in [0.5, 0.6) is 11.5 Å². The highest BCUT2D eigenvalue weighted by atomic mass is 32.2. The molecule has 1 heterocycles. The van der Waals surface area contributed by atoms with Gasteiger partial charge in [0.15, 0.2) is 0 Å². The molecule has 0 amide bonds. The molecule has 1 atom stereocenters. The van der Waals surface area contributed by atoms with Crippen LogP contribution >= 0.6 is 0 Å². The molecule has 1 unspecified atom stereocenters. The second-order valence-corrected chi connectivity index (χ2v) is 7.85. The van der Waals surface area contributed by atoms with E-state index in [0.29, 0.717) is 18.4 Å². The van der Waals surface area contributed by atoms with Crippen molar-refractivity contribution in [2.45, 2.75) is 25.3 Å². The third-order valence-electron chi connectivity index (χ3n) is 4.13. The van der Waals surface area contributed by atoms with E-state index in [1.807, 2.05) is 36.4 Å². The topological polar surface area (TPSA) is 64.6 Å². The van der Waals surface area contributed by atoms with Crippen molar-refractivity contribution >= 4 is 10.1 Å². The zero-order chi connectivity index (χ0) is 17.7. The van der Waals surface area contributed by atoms with Crippen molar-refractivity contribution in [1.82, 2.24) is 5.32 Å². The van der Waals surface area contributed by atoms with Crippen molar-refractivity contribution in [1.29, 1.82) is 0 Å². The SMILES string of the molecule is CS(=O)(=O)Oc1cc(OCCC2CCCN2)cc(-c2ccccc2)c1. The molecule has 0 saturated carbocycles. The summed E-state index contributed by atoms with van der Waals surface area (Å²) in [5.41, 5.74) is 1.83. The summed E-state index contributed by atoms with van der Waals surface area (Å²) in [6.07, 6.45) is 4.35. The van der Waals surface area contributed by atoms with Gasteiger partial charge in [-0.2, -0.15) is 8.42 Å². The molecule has 6 heteroatoms. The molecule has 5 nitrogen and oxygen atoms in total. The largest absolute Gasteiger partial charge is 0.493 e. The molecule has 1 N–H and O–H groups in total. The van der Waals surface area contributed by atoms with E-state index in [9.17, 15) is 8.42 Å². The summed E-state index contributed by atoms with van der Waals surface area (Å²) in [4.78, 5) is 0. The minimum absolute atomic E-state index is 0.262. The van der Waals surface area contributed by atoms with E-state index in [0.717, 1.165) is 30.3 Å². The number of nitrogens with one attached hydrogen (secondary N) is 1. The van der Waals surface area contributed by atoms with Crippen LogP contribution in [0.4, 0.5) is 0 Å². The predicted octanol–water partition coefficient (Wildman–Crippen LogP) is 3.21. The van der Waals surface area contributed by atoms with Crippen molar-refractivity contribution in [2.24, 2.45) is 0 Å². The van der Waals surface area contributed by atoms with Gasteiger partial charge in [0, 0.05) is 12.1 Å². The van der Waals surface area contributed by atoms with Gasteiger partial charge < -0.3 is 14.2 Å². The first-order valence-electron chi connectivity index (χ1n) is 8.46. The summed E-state index contributed by atoms with van der Waals surface area (Å²) >= 11 is 0. The summed E-state index contributed by atoms with van der Waals surface area (Å²) in [6, 6.07) is 15.5. The van der Waals surface area contributed by atoms with Crippen molar-refractivity contribution in [3.05, 3.63) is 48.5 Å². The van der Waals surface area contributed by atoms with Crippen LogP contribution in [0.15, 0.2) is 48.5 Å². The van der Waals surface area contributed by atoms with Gasteiger partial charge >= 0.3 is 10.1 Å². The Morgan fingerprint density at radius 1 is 1.08 bits per heavy atom. The van der Waals surface area contributed by atoms with Crippen LogP contribution in [0.2, 0.25) is 0 Å². The molecule has 1 aliphatic rings. The zero-order valence-corrected chi connectivity index (χ0v) is 15.1. The maximum absolute atomic E-state index is 11.5. The van der Waals surface area contributed by atoms with Crippen molar-refractivity contribution in [3.63, 3.8) is 0 Å². The fraction of sp³-hybridized carbons (Fsp3) is 0.368. The normalized spacial score (nSPS) is 17.4. The Balaban J connectivity index is 1.79. The van der Waals surface area contributed by atoms with Crippen LogP contribution in [0.1, 0.15) is 19.3 Å². The smallest absolute Gasteiger partial charge is 0.306 e. The second-order valence-electron chi connectivity index (χ2n) is 6.28. The van der Waals surface area contributed by atoms with Crippen LogP contribution in [0, 0.1) is 0 Å². The Kier molecular flexibility index (Phi) is 5.60. The second kappa shape index (κ2) is 7.89. The summed E-state index contributed by atoms with van der Waals surface area (Å²) in [7, 11) is -3.59. The summed E-state index contributed by atoms with van der Waals surface area (Å²) in [6.45, 7) is 1.65. The first-order chi connectivity index (χ1) is 12.0.